The van der Waals surface area contributed by atoms with Gasteiger partial charge in [0.15, 0.2) is 17.6 Å². The molecule has 2 aromatic rings. The number of benzene rings is 2. The number of alkyl halides is 3. The summed E-state index contributed by atoms with van der Waals surface area (Å²) in [4.78, 5) is 26.0. The van der Waals surface area contributed by atoms with Crippen LogP contribution in [0.15, 0.2) is 36.4 Å². The van der Waals surface area contributed by atoms with Crippen molar-refractivity contribution in [3.63, 3.8) is 0 Å². The van der Waals surface area contributed by atoms with E-state index in [9.17, 15) is 22.8 Å². The van der Waals surface area contributed by atoms with Gasteiger partial charge in [0.25, 0.3) is 5.91 Å². The number of halogens is 4. The van der Waals surface area contributed by atoms with Crippen molar-refractivity contribution in [2.45, 2.75) is 40.0 Å². The normalized spacial score (nSPS) is 12.1. The number of hydrogen-bond acceptors (Lipinski definition) is 5. The van der Waals surface area contributed by atoms with Gasteiger partial charge in [0.05, 0.1) is 22.8 Å². The SMILES string of the molecule is CCOC(=O)C(C)Oc1ccccc1Oc1ccc(C(F)(F)F)c(C(=O)N(CC)CC)c1Cl. The van der Waals surface area contributed by atoms with E-state index in [1.54, 1.807) is 32.9 Å². The first kappa shape index (κ1) is 26.3. The zero-order chi connectivity index (χ0) is 24.8. The zero-order valence-corrected chi connectivity index (χ0v) is 19.4. The van der Waals surface area contributed by atoms with Crippen LogP contribution in [0.2, 0.25) is 5.02 Å². The molecule has 0 spiro atoms. The van der Waals surface area contributed by atoms with Crippen molar-refractivity contribution < 1.29 is 37.0 Å². The molecule has 33 heavy (non-hydrogen) atoms. The fraction of sp³-hybridized carbons (Fsp3) is 0.391. The minimum atomic E-state index is -4.80. The van der Waals surface area contributed by atoms with Crippen LogP contribution in [0.4, 0.5) is 13.2 Å². The highest BCUT2D eigenvalue weighted by molar-refractivity contribution is 6.35. The Kier molecular flexibility index (Phi) is 8.99. The highest BCUT2D eigenvalue weighted by Gasteiger charge is 2.38. The van der Waals surface area contributed by atoms with Crippen LogP contribution in [-0.2, 0) is 15.7 Å². The summed E-state index contributed by atoms with van der Waals surface area (Å²) in [6.45, 7) is 7.04. The Bertz CT molecular complexity index is 993. The first-order chi connectivity index (χ1) is 15.5. The second-order valence-corrected chi connectivity index (χ2v) is 7.21. The van der Waals surface area contributed by atoms with E-state index in [-0.39, 0.29) is 36.9 Å². The lowest BCUT2D eigenvalue weighted by atomic mass is 10.0. The molecule has 2 rings (SSSR count). The summed E-state index contributed by atoms with van der Waals surface area (Å²) >= 11 is 6.29. The summed E-state index contributed by atoms with van der Waals surface area (Å²) in [5.74, 6) is -1.38. The average molecular weight is 488 g/mol. The van der Waals surface area contributed by atoms with Crippen molar-refractivity contribution in [3.8, 4) is 17.2 Å². The summed E-state index contributed by atoms with van der Waals surface area (Å²) < 4.78 is 57.1. The third kappa shape index (κ3) is 6.31. The topological polar surface area (TPSA) is 65.1 Å². The molecule has 0 bridgehead atoms. The maximum absolute atomic E-state index is 13.6. The van der Waals surface area contributed by atoms with E-state index in [1.807, 2.05) is 0 Å². The number of nitrogens with zero attached hydrogens (tertiary/aromatic N) is 1. The smallest absolute Gasteiger partial charge is 0.417 e. The number of amides is 1. The van der Waals surface area contributed by atoms with Gasteiger partial charge in [0, 0.05) is 13.1 Å². The van der Waals surface area contributed by atoms with E-state index in [0.29, 0.717) is 0 Å². The van der Waals surface area contributed by atoms with Gasteiger partial charge in [0.1, 0.15) is 5.75 Å². The molecular weight excluding hydrogens is 463 g/mol. The highest BCUT2D eigenvalue weighted by Crippen LogP contribution is 2.42. The van der Waals surface area contributed by atoms with Gasteiger partial charge >= 0.3 is 12.1 Å². The second-order valence-electron chi connectivity index (χ2n) is 6.84. The van der Waals surface area contributed by atoms with Crippen molar-refractivity contribution in [1.29, 1.82) is 0 Å². The van der Waals surface area contributed by atoms with Crippen molar-refractivity contribution in [1.82, 2.24) is 4.90 Å². The van der Waals surface area contributed by atoms with Crippen LogP contribution in [0.5, 0.6) is 17.2 Å². The van der Waals surface area contributed by atoms with Gasteiger partial charge in [-0.1, -0.05) is 23.7 Å². The van der Waals surface area contributed by atoms with E-state index in [1.165, 1.54) is 24.0 Å². The van der Waals surface area contributed by atoms with Crippen LogP contribution in [0.3, 0.4) is 0 Å². The molecule has 6 nitrogen and oxygen atoms in total. The van der Waals surface area contributed by atoms with Crippen LogP contribution in [0.1, 0.15) is 43.6 Å². The molecule has 0 radical (unpaired) electrons. The summed E-state index contributed by atoms with van der Waals surface area (Å²) in [6, 6.07) is 8.04. The first-order valence-electron chi connectivity index (χ1n) is 10.3. The number of rotatable bonds is 9. The largest absolute Gasteiger partial charge is 0.475 e. The fourth-order valence-corrected chi connectivity index (χ4v) is 3.28. The van der Waals surface area contributed by atoms with Crippen molar-refractivity contribution in [3.05, 3.63) is 52.5 Å². The molecule has 0 aliphatic rings. The summed E-state index contributed by atoms with van der Waals surface area (Å²) in [6.07, 6.45) is -5.76. The lowest BCUT2D eigenvalue weighted by Crippen LogP contribution is -2.32. The monoisotopic (exact) mass is 487 g/mol. The highest BCUT2D eigenvalue weighted by atomic mass is 35.5. The van der Waals surface area contributed by atoms with Crippen molar-refractivity contribution >= 4 is 23.5 Å². The average Bonchev–Trinajstić information content (AvgIpc) is 2.76. The Morgan fingerprint density at radius 3 is 2.15 bits per heavy atom. The number of carbonyl (C=O) groups excluding carboxylic acids is 2. The molecule has 1 unspecified atom stereocenters. The molecular formula is C23H25ClF3NO5. The molecule has 0 aliphatic carbocycles. The van der Waals surface area contributed by atoms with Gasteiger partial charge < -0.3 is 19.1 Å². The lowest BCUT2D eigenvalue weighted by Gasteiger charge is -2.23. The van der Waals surface area contributed by atoms with Crippen LogP contribution >= 0.6 is 11.6 Å². The molecule has 1 amide bonds. The molecule has 0 saturated heterocycles. The van der Waals surface area contributed by atoms with Gasteiger partial charge in [0.2, 0.25) is 0 Å². The molecule has 0 aromatic heterocycles. The molecule has 0 saturated carbocycles. The van der Waals surface area contributed by atoms with Gasteiger partial charge in [-0.3, -0.25) is 4.79 Å². The Hall–Kier alpha value is -2.94. The Morgan fingerprint density at radius 2 is 1.61 bits per heavy atom. The van der Waals surface area contributed by atoms with Gasteiger partial charge in [-0.2, -0.15) is 13.2 Å². The van der Waals surface area contributed by atoms with Crippen molar-refractivity contribution in [2.24, 2.45) is 0 Å². The van der Waals surface area contributed by atoms with E-state index < -0.39 is 40.3 Å². The summed E-state index contributed by atoms with van der Waals surface area (Å²) in [7, 11) is 0. The molecule has 0 aliphatic heterocycles. The third-order valence-corrected chi connectivity index (χ3v) is 5.04. The van der Waals surface area contributed by atoms with Gasteiger partial charge in [-0.15, -0.1) is 0 Å². The standard InChI is InChI=1S/C23H25ClF3NO5/c1-5-28(6-2)21(29)19-15(23(25,26)27)12-13-18(20(19)24)33-17-11-9-8-10-16(17)32-14(4)22(30)31-7-3/h8-14H,5-7H2,1-4H3. The molecule has 0 fully saturated rings. The maximum Gasteiger partial charge on any atom is 0.417 e. The van der Waals surface area contributed by atoms with E-state index in [2.05, 4.69) is 0 Å². The molecule has 1 atom stereocenters. The lowest BCUT2D eigenvalue weighted by molar-refractivity contribution is -0.150. The molecule has 2 aromatic carbocycles. The first-order valence-corrected chi connectivity index (χ1v) is 10.7. The molecule has 0 N–H and O–H groups in total. The number of para-hydroxylation sites is 2. The maximum atomic E-state index is 13.6. The minimum Gasteiger partial charge on any atom is -0.475 e. The number of hydrogen-bond donors (Lipinski definition) is 0. The van der Waals surface area contributed by atoms with Crippen LogP contribution in [0, 0.1) is 0 Å². The quantitative estimate of drug-likeness (QED) is 0.408. The zero-order valence-electron chi connectivity index (χ0n) is 18.7. The van der Waals surface area contributed by atoms with Crippen LogP contribution < -0.4 is 9.47 Å². The molecule has 0 heterocycles. The van der Waals surface area contributed by atoms with Crippen molar-refractivity contribution in [2.75, 3.05) is 19.7 Å². The fourth-order valence-electron chi connectivity index (χ4n) is 3.00. The van der Waals surface area contributed by atoms with E-state index in [4.69, 9.17) is 25.8 Å². The second kappa shape index (κ2) is 11.3. The molecule has 10 heteroatoms. The molecule has 180 valence electrons. The number of carbonyl (C=O) groups is 2. The predicted molar refractivity (Wildman–Crippen MR) is 117 cm³/mol. The van der Waals surface area contributed by atoms with Crippen LogP contribution in [0.25, 0.3) is 0 Å². The van der Waals surface area contributed by atoms with Gasteiger partial charge in [-0.05, 0) is 52.0 Å². The predicted octanol–water partition coefficient (Wildman–Crippen LogP) is 5.96. The summed E-state index contributed by atoms with van der Waals surface area (Å²) in [5.41, 5.74) is -1.85. The number of esters is 1. The van der Waals surface area contributed by atoms with E-state index >= 15 is 0 Å². The Labute approximate surface area is 195 Å². The summed E-state index contributed by atoms with van der Waals surface area (Å²) in [5, 5.41) is -0.477. The third-order valence-electron chi connectivity index (χ3n) is 4.67. The number of ether oxygens (including phenoxy) is 3. The Morgan fingerprint density at radius 1 is 1.00 bits per heavy atom. The van der Waals surface area contributed by atoms with E-state index in [0.717, 1.165) is 12.1 Å². The van der Waals surface area contributed by atoms with Crippen LogP contribution in [-0.4, -0.2) is 42.6 Å². The van der Waals surface area contributed by atoms with Gasteiger partial charge in [-0.25, -0.2) is 4.79 Å². The Balaban J connectivity index is 2.49. The minimum absolute atomic E-state index is 0.0940.